The molecule has 0 radical (unpaired) electrons. The van der Waals surface area contributed by atoms with Crippen molar-refractivity contribution >= 4 is 0 Å². The lowest BCUT2D eigenvalue weighted by molar-refractivity contribution is -0.138. The third kappa shape index (κ3) is 3.68. The Morgan fingerprint density at radius 1 is 1.38 bits per heavy atom. The van der Waals surface area contributed by atoms with Gasteiger partial charge in [-0.1, -0.05) is 6.07 Å². The summed E-state index contributed by atoms with van der Waals surface area (Å²) >= 11 is 0. The van der Waals surface area contributed by atoms with Crippen molar-refractivity contribution in [3.63, 3.8) is 0 Å². The summed E-state index contributed by atoms with van der Waals surface area (Å²) in [5.41, 5.74) is 2.28. The number of nitrogens with zero attached hydrogens (tertiary/aromatic N) is 1. The predicted octanol–water partition coefficient (Wildman–Crippen LogP) is 2.76. The van der Waals surface area contributed by atoms with E-state index in [1.165, 1.54) is 5.56 Å². The van der Waals surface area contributed by atoms with Gasteiger partial charge in [-0.2, -0.15) is 13.2 Å². The van der Waals surface area contributed by atoms with Crippen LogP contribution in [0.5, 0.6) is 5.75 Å². The lowest BCUT2D eigenvalue weighted by atomic mass is 10.1. The summed E-state index contributed by atoms with van der Waals surface area (Å²) in [7, 11) is 5.20. The van der Waals surface area contributed by atoms with Crippen molar-refractivity contribution in [1.82, 2.24) is 10.2 Å². The first-order chi connectivity index (χ1) is 9.85. The second kappa shape index (κ2) is 6.23. The zero-order valence-corrected chi connectivity index (χ0v) is 12.5. The topological polar surface area (TPSA) is 24.5 Å². The number of likely N-dealkylation sites (N-methyl/N-ethyl adjacent to an activating group) is 2. The molecule has 0 aliphatic heterocycles. The lowest BCUT2D eigenvalue weighted by Gasteiger charge is -2.30. The van der Waals surface area contributed by atoms with Crippen molar-refractivity contribution in [2.75, 3.05) is 27.7 Å². The average Bonchev–Trinajstić information content (AvgIpc) is 2.81. The van der Waals surface area contributed by atoms with Crippen LogP contribution in [0.15, 0.2) is 18.2 Å². The quantitative estimate of drug-likeness (QED) is 0.905. The van der Waals surface area contributed by atoms with Gasteiger partial charge >= 0.3 is 6.18 Å². The van der Waals surface area contributed by atoms with E-state index < -0.39 is 12.6 Å². The second-order valence-corrected chi connectivity index (χ2v) is 5.45. The summed E-state index contributed by atoms with van der Waals surface area (Å²) in [6.45, 7) is 0.0114. The Kier molecular flexibility index (Phi) is 4.78. The molecule has 1 aromatic carbocycles. The molecule has 0 amide bonds. The van der Waals surface area contributed by atoms with Gasteiger partial charge in [0.15, 0.2) is 0 Å². The molecule has 1 aliphatic rings. The van der Waals surface area contributed by atoms with Gasteiger partial charge in [-0.05, 0) is 43.8 Å². The van der Waals surface area contributed by atoms with Gasteiger partial charge in [0.2, 0.25) is 0 Å². The van der Waals surface area contributed by atoms with Crippen molar-refractivity contribution in [3.8, 4) is 5.75 Å². The van der Waals surface area contributed by atoms with E-state index in [0.717, 1.165) is 17.7 Å². The van der Waals surface area contributed by atoms with Crippen LogP contribution in [0.3, 0.4) is 0 Å². The molecule has 1 aromatic rings. The molecular formula is C15H21F3N2O. The fourth-order valence-electron chi connectivity index (χ4n) is 2.95. The molecule has 2 atom stereocenters. The van der Waals surface area contributed by atoms with Crippen LogP contribution in [-0.4, -0.2) is 44.9 Å². The van der Waals surface area contributed by atoms with Gasteiger partial charge in [-0.3, -0.25) is 0 Å². The summed E-state index contributed by atoms with van der Waals surface area (Å²) in [6, 6.07) is 5.90. The Hall–Kier alpha value is -1.27. The number of halogens is 3. The van der Waals surface area contributed by atoms with Gasteiger partial charge in [0.25, 0.3) is 0 Å². The van der Waals surface area contributed by atoms with Crippen LogP contribution in [0, 0.1) is 0 Å². The highest BCUT2D eigenvalue weighted by atomic mass is 19.4. The summed E-state index contributed by atoms with van der Waals surface area (Å²) in [6.07, 6.45) is -4.15. The number of benzene rings is 1. The molecule has 2 unspecified atom stereocenters. The van der Waals surface area contributed by atoms with E-state index in [2.05, 4.69) is 5.32 Å². The van der Waals surface area contributed by atoms with Crippen LogP contribution in [0.1, 0.15) is 23.6 Å². The van der Waals surface area contributed by atoms with Crippen molar-refractivity contribution < 1.29 is 17.9 Å². The van der Waals surface area contributed by atoms with Crippen molar-refractivity contribution in [2.24, 2.45) is 0 Å². The maximum absolute atomic E-state index is 12.4. The van der Waals surface area contributed by atoms with Crippen LogP contribution >= 0.6 is 0 Å². The number of ether oxygens (including phenoxy) is 1. The van der Waals surface area contributed by atoms with Crippen LogP contribution in [0.25, 0.3) is 0 Å². The van der Waals surface area contributed by atoms with Gasteiger partial charge in [-0.15, -0.1) is 0 Å². The Morgan fingerprint density at radius 3 is 2.67 bits per heavy atom. The van der Waals surface area contributed by atoms with E-state index in [0.29, 0.717) is 0 Å². The fraction of sp³-hybridized carbons (Fsp3) is 0.600. The first kappa shape index (κ1) is 16.1. The minimum atomic E-state index is -4.11. The largest absolute Gasteiger partial charge is 0.497 e. The standard InChI is InChI=1S/C15H21F3N2O/c1-19-14-12-9-11(21-3)5-4-10(12)8-13(14)20(2)7-6-15(16,17)18/h4-5,9,13-14,19H,6-8H2,1-3H3. The Bertz CT molecular complexity index is 490. The SMILES string of the molecule is CNC1c2cc(OC)ccc2CC1N(C)CCC(F)(F)F. The molecule has 1 aliphatic carbocycles. The number of hydrogen-bond donors (Lipinski definition) is 1. The first-order valence-corrected chi connectivity index (χ1v) is 6.97. The molecule has 0 heterocycles. The van der Waals surface area contributed by atoms with Gasteiger partial charge in [0, 0.05) is 18.6 Å². The molecule has 0 spiro atoms. The summed E-state index contributed by atoms with van der Waals surface area (Å²) in [4.78, 5) is 1.79. The van der Waals surface area contributed by atoms with E-state index in [1.807, 2.05) is 25.2 Å². The second-order valence-electron chi connectivity index (χ2n) is 5.45. The molecule has 6 heteroatoms. The molecule has 0 aromatic heterocycles. The molecule has 21 heavy (non-hydrogen) atoms. The van der Waals surface area contributed by atoms with Gasteiger partial charge < -0.3 is 15.0 Å². The summed E-state index contributed by atoms with van der Waals surface area (Å²) in [5.74, 6) is 0.771. The molecule has 2 rings (SSSR count). The van der Waals surface area contributed by atoms with Crippen LogP contribution in [0.2, 0.25) is 0 Å². The maximum Gasteiger partial charge on any atom is 0.390 e. The fourth-order valence-corrected chi connectivity index (χ4v) is 2.95. The van der Waals surface area contributed by atoms with E-state index in [9.17, 15) is 13.2 Å². The van der Waals surface area contributed by atoms with E-state index in [1.54, 1.807) is 19.1 Å². The van der Waals surface area contributed by atoms with E-state index in [4.69, 9.17) is 4.74 Å². The number of hydrogen-bond acceptors (Lipinski definition) is 3. The zero-order chi connectivity index (χ0) is 15.6. The Morgan fingerprint density at radius 2 is 2.10 bits per heavy atom. The van der Waals surface area contributed by atoms with Crippen LogP contribution in [0.4, 0.5) is 13.2 Å². The van der Waals surface area contributed by atoms with Crippen LogP contribution in [-0.2, 0) is 6.42 Å². The zero-order valence-electron chi connectivity index (χ0n) is 12.5. The third-order valence-corrected chi connectivity index (χ3v) is 4.13. The van der Waals surface area contributed by atoms with Crippen molar-refractivity contribution in [3.05, 3.63) is 29.3 Å². The molecule has 0 fully saturated rings. The normalized spacial score (nSPS) is 21.7. The van der Waals surface area contributed by atoms with Gasteiger partial charge in [0.05, 0.1) is 13.5 Å². The molecule has 1 N–H and O–H groups in total. The number of alkyl halides is 3. The minimum absolute atomic E-state index is 0.0114. The van der Waals surface area contributed by atoms with Crippen molar-refractivity contribution in [1.29, 1.82) is 0 Å². The predicted molar refractivity (Wildman–Crippen MR) is 75.6 cm³/mol. The highest BCUT2D eigenvalue weighted by Gasteiger charge is 2.36. The Labute approximate surface area is 123 Å². The number of fused-ring (bicyclic) bond motifs is 1. The van der Waals surface area contributed by atoms with E-state index in [-0.39, 0.29) is 18.6 Å². The molecular weight excluding hydrogens is 281 g/mol. The van der Waals surface area contributed by atoms with Gasteiger partial charge in [-0.25, -0.2) is 0 Å². The number of nitrogens with one attached hydrogen (secondary N) is 1. The van der Waals surface area contributed by atoms with Crippen molar-refractivity contribution in [2.45, 2.75) is 31.1 Å². The maximum atomic E-state index is 12.4. The highest BCUT2D eigenvalue weighted by molar-refractivity contribution is 5.42. The summed E-state index contributed by atoms with van der Waals surface area (Å²) < 4.78 is 42.4. The Balaban J connectivity index is 2.12. The summed E-state index contributed by atoms with van der Waals surface area (Å²) in [5, 5.41) is 3.22. The molecule has 0 saturated heterocycles. The van der Waals surface area contributed by atoms with Crippen LogP contribution < -0.4 is 10.1 Å². The first-order valence-electron chi connectivity index (χ1n) is 6.97. The molecule has 118 valence electrons. The molecule has 0 saturated carbocycles. The monoisotopic (exact) mass is 302 g/mol. The number of rotatable bonds is 5. The lowest BCUT2D eigenvalue weighted by Crippen LogP contribution is -2.41. The number of methoxy groups -OCH3 is 1. The third-order valence-electron chi connectivity index (χ3n) is 4.13. The minimum Gasteiger partial charge on any atom is -0.497 e. The van der Waals surface area contributed by atoms with Gasteiger partial charge in [0.1, 0.15) is 5.75 Å². The highest BCUT2D eigenvalue weighted by Crippen LogP contribution is 2.36. The van der Waals surface area contributed by atoms with E-state index >= 15 is 0 Å². The molecule has 3 nitrogen and oxygen atoms in total. The average molecular weight is 302 g/mol. The molecule has 0 bridgehead atoms. The smallest absolute Gasteiger partial charge is 0.390 e.